The van der Waals surface area contributed by atoms with Crippen LogP contribution >= 0.6 is 15.9 Å². The predicted octanol–water partition coefficient (Wildman–Crippen LogP) is 3.91. The standard InChI is InChI=1S/C16H15BrN2O2/c1-21-16(20)15-9-14(18-11-4-2-3-5-11)12-8-10(17)6-7-13(12)19-15/h2-3,6-9,11H,4-5H2,1H3,(H,18,19). The minimum absolute atomic E-state index is 0.320. The number of nitrogens with zero attached hydrogens (tertiary/aromatic N) is 1. The topological polar surface area (TPSA) is 51.2 Å². The predicted molar refractivity (Wildman–Crippen MR) is 86.6 cm³/mol. The van der Waals surface area contributed by atoms with E-state index >= 15 is 0 Å². The van der Waals surface area contributed by atoms with Gasteiger partial charge in [-0.2, -0.15) is 0 Å². The summed E-state index contributed by atoms with van der Waals surface area (Å²) in [5.74, 6) is -0.424. The van der Waals surface area contributed by atoms with E-state index in [1.165, 1.54) is 7.11 Å². The fourth-order valence-electron chi connectivity index (χ4n) is 2.48. The highest BCUT2D eigenvalue weighted by atomic mass is 79.9. The van der Waals surface area contributed by atoms with Crippen LogP contribution in [0.2, 0.25) is 0 Å². The molecule has 21 heavy (non-hydrogen) atoms. The fourth-order valence-corrected chi connectivity index (χ4v) is 2.84. The largest absolute Gasteiger partial charge is 0.464 e. The fraction of sp³-hybridized carbons (Fsp3) is 0.250. The maximum absolute atomic E-state index is 11.8. The van der Waals surface area contributed by atoms with Crippen molar-refractivity contribution >= 4 is 38.5 Å². The first-order valence-corrected chi connectivity index (χ1v) is 7.57. The van der Waals surface area contributed by atoms with Crippen molar-refractivity contribution in [1.82, 2.24) is 4.98 Å². The number of rotatable bonds is 3. The Morgan fingerprint density at radius 2 is 2.10 bits per heavy atom. The first-order valence-electron chi connectivity index (χ1n) is 6.77. The van der Waals surface area contributed by atoms with Crippen LogP contribution in [0.5, 0.6) is 0 Å². The van der Waals surface area contributed by atoms with Crippen LogP contribution in [0.1, 0.15) is 23.3 Å². The third-order valence-electron chi connectivity index (χ3n) is 3.53. The number of methoxy groups -OCH3 is 1. The summed E-state index contributed by atoms with van der Waals surface area (Å²) < 4.78 is 5.76. The molecule has 5 heteroatoms. The van der Waals surface area contributed by atoms with Crippen LogP contribution in [0.3, 0.4) is 0 Å². The molecular weight excluding hydrogens is 332 g/mol. The molecule has 0 amide bonds. The van der Waals surface area contributed by atoms with Crippen molar-refractivity contribution in [1.29, 1.82) is 0 Å². The number of esters is 1. The van der Waals surface area contributed by atoms with Crippen molar-refractivity contribution in [2.24, 2.45) is 0 Å². The van der Waals surface area contributed by atoms with E-state index in [0.717, 1.165) is 33.9 Å². The molecule has 0 spiro atoms. The lowest BCUT2D eigenvalue weighted by Gasteiger charge is -2.16. The van der Waals surface area contributed by atoms with Crippen molar-refractivity contribution < 1.29 is 9.53 Å². The third kappa shape index (κ3) is 2.93. The normalized spacial score (nSPS) is 14.6. The Kier molecular flexibility index (Phi) is 3.92. The number of halogens is 1. The molecule has 1 aromatic heterocycles. The minimum atomic E-state index is -0.424. The van der Waals surface area contributed by atoms with Gasteiger partial charge in [-0.3, -0.25) is 0 Å². The summed E-state index contributed by atoms with van der Waals surface area (Å²) in [5, 5.41) is 4.49. The molecule has 1 aliphatic carbocycles. The average Bonchev–Trinajstić information content (AvgIpc) is 2.99. The van der Waals surface area contributed by atoms with Crippen molar-refractivity contribution in [3.05, 3.63) is 46.6 Å². The van der Waals surface area contributed by atoms with Gasteiger partial charge in [0, 0.05) is 21.6 Å². The molecular formula is C16H15BrN2O2. The van der Waals surface area contributed by atoms with Crippen molar-refractivity contribution in [3.63, 3.8) is 0 Å². The number of benzene rings is 1. The number of hydrogen-bond donors (Lipinski definition) is 1. The zero-order valence-corrected chi connectivity index (χ0v) is 13.2. The molecule has 1 aliphatic rings. The van der Waals surface area contributed by atoms with E-state index < -0.39 is 5.97 Å². The van der Waals surface area contributed by atoms with Crippen molar-refractivity contribution in [2.45, 2.75) is 18.9 Å². The second-order valence-corrected chi connectivity index (χ2v) is 5.91. The number of carbonyl (C=O) groups is 1. The summed E-state index contributed by atoms with van der Waals surface area (Å²) in [4.78, 5) is 16.2. The maximum atomic E-state index is 11.8. The van der Waals surface area contributed by atoms with E-state index in [-0.39, 0.29) is 0 Å². The zero-order valence-electron chi connectivity index (χ0n) is 11.6. The van der Waals surface area contributed by atoms with Gasteiger partial charge >= 0.3 is 5.97 Å². The lowest BCUT2D eigenvalue weighted by atomic mass is 10.1. The smallest absolute Gasteiger partial charge is 0.356 e. The van der Waals surface area contributed by atoms with Crippen molar-refractivity contribution in [2.75, 3.05) is 12.4 Å². The Balaban J connectivity index is 2.08. The molecule has 1 aromatic carbocycles. The summed E-state index contributed by atoms with van der Waals surface area (Å²) in [7, 11) is 1.36. The van der Waals surface area contributed by atoms with Crippen LogP contribution in [0.15, 0.2) is 40.9 Å². The lowest BCUT2D eigenvalue weighted by Crippen LogP contribution is -2.16. The maximum Gasteiger partial charge on any atom is 0.356 e. The highest BCUT2D eigenvalue weighted by molar-refractivity contribution is 9.10. The van der Waals surface area contributed by atoms with E-state index in [9.17, 15) is 4.79 Å². The molecule has 1 heterocycles. The van der Waals surface area contributed by atoms with Crippen LogP contribution < -0.4 is 5.32 Å². The van der Waals surface area contributed by atoms with E-state index in [1.807, 2.05) is 18.2 Å². The highest BCUT2D eigenvalue weighted by Gasteiger charge is 2.16. The van der Waals surface area contributed by atoms with E-state index in [1.54, 1.807) is 6.07 Å². The Morgan fingerprint density at radius 1 is 1.33 bits per heavy atom. The van der Waals surface area contributed by atoms with Crippen molar-refractivity contribution in [3.8, 4) is 0 Å². The summed E-state index contributed by atoms with van der Waals surface area (Å²) in [6, 6.07) is 7.94. The Hall–Kier alpha value is -1.88. The van der Waals surface area contributed by atoms with Gasteiger partial charge in [0.1, 0.15) is 0 Å². The molecule has 0 saturated heterocycles. The number of hydrogen-bond acceptors (Lipinski definition) is 4. The molecule has 0 fully saturated rings. The van der Waals surface area contributed by atoms with Gasteiger partial charge in [-0.25, -0.2) is 9.78 Å². The van der Waals surface area contributed by atoms with Crippen LogP contribution in [0, 0.1) is 0 Å². The minimum Gasteiger partial charge on any atom is -0.464 e. The Labute approximate surface area is 131 Å². The van der Waals surface area contributed by atoms with Gasteiger partial charge in [0.2, 0.25) is 0 Å². The third-order valence-corrected chi connectivity index (χ3v) is 4.03. The molecule has 108 valence electrons. The van der Waals surface area contributed by atoms with E-state index in [0.29, 0.717) is 11.7 Å². The molecule has 4 nitrogen and oxygen atoms in total. The van der Waals surface area contributed by atoms with Gasteiger partial charge in [-0.05, 0) is 37.1 Å². The highest BCUT2D eigenvalue weighted by Crippen LogP contribution is 2.28. The zero-order chi connectivity index (χ0) is 14.8. The van der Waals surface area contributed by atoms with Crippen LogP contribution in [-0.2, 0) is 4.74 Å². The molecule has 3 rings (SSSR count). The molecule has 0 saturated carbocycles. The van der Waals surface area contributed by atoms with E-state index in [2.05, 4.69) is 38.4 Å². The van der Waals surface area contributed by atoms with Gasteiger partial charge in [0.05, 0.1) is 12.6 Å². The van der Waals surface area contributed by atoms with E-state index in [4.69, 9.17) is 4.74 Å². The van der Waals surface area contributed by atoms with Gasteiger partial charge in [-0.15, -0.1) is 0 Å². The Morgan fingerprint density at radius 3 is 2.81 bits per heavy atom. The van der Waals surface area contributed by atoms with Gasteiger partial charge in [0.15, 0.2) is 5.69 Å². The summed E-state index contributed by atoms with van der Waals surface area (Å²) in [6.45, 7) is 0. The molecule has 0 radical (unpaired) electrons. The number of carbonyl (C=O) groups excluding carboxylic acids is 1. The van der Waals surface area contributed by atoms with Gasteiger partial charge in [0.25, 0.3) is 0 Å². The number of anilines is 1. The molecule has 0 atom stereocenters. The summed E-state index contributed by atoms with van der Waals surface area (Å²) >= 11 is 3.48. The monoisotopic (exact) mass is 346 g/mol. The van der Waals surface area contributed by atoms with Crippen LogP contribution in [0.4, 0.5) is 5.69 Å². The SMILES string of the molecule is COC(=O)c1cc(NC2CC=CC2)c2cc(Br)ccc2n1. The number of ether oxygens (including phenoxy) is 1. The number of nitrogens with one attached hydrogen (secondary N) is 1. The molecule has 0 bridgehead atoms. The number of fused-ring (bicyclic) bond motifs is 1. The average molecular weight is 347 g/mol. The summed E-state index contributed by atoms with van der Waals surface area (Å²) in [6.07, 6.45) is 6.31. The molecule has 0 unspecified atom stereocenters. The van der Waals surface area contributed by atoms with Gasteiger partial charge < -0.3 is 10.1 Å². The van der Waals surface area contributed by atoms with Crippen LogP contribution in [0.25, 0.3) is 10.9 Å². The van der Waals surface area contributed by atoms with Crippen LogP contribution in [-0.4, -0.2) is 24.1 Å². The molecule has 1 N–H and O–H groups in total. The second kappa shape index (κ2) is 5.85. The quantitative estimate of drug-likeness (QED) is 0.676. The first-order chi connectivity index (χ1) is 10.2. The van der Waals surface area contributed by atoms with Gasteiger partial charge in [-0.1, -0.05) is 28.1 Å². The second-order valence-electron chi connectivity index (χ2n) is 4.99. The first kappa shape index (κ1) is 14.1. The number of aromatic nitrogens is 1. The number of pyridine rings is 1. The molecule has 0 aliphatic heterocycles. The lowest BCUT2D eigenvalue weighted by molar-refractivity contribution is 0.0594. The Bertz CT molecular complexity index is 720. The summed E-state index contributed by atoms with van der Waals surface area (Å²) in [5.41, 5.74) is 2.01. The molecule has 2 aromatic rings.